The molecule has 7 nitrogen and oxygen atoms in total. The Hall–Kier alpha value is -1.58. The van der Waals surface area contributed by atoms with Crippen LogP contribution in [0.15, 0.2) is 23.2 Å². The molecule has 0 spiro atoms. The van der Waals surface area contributed by atoms with Crippen molar-refractivity contribution in [1.82, 2.24) is 9.71 Å². The molecule has 9 heteroatoms. The first-order valence-corrected chi connectivity index (χ1v) is 8.80. The van der Waals surface area contributed by atoms with Crippen LogP contribution in [0.1, 0.15) is 26.5 Å². The average molecular weight is 362 g/mol. The lowest BCUT2D eigenvalue weighted by Gasteiger charge is -2.21. The summed E-state index contributed by atoms with van der Waals surface area (Å²) < 4.78 is 50.6. The number of ether oxygens (including phenoxy) is 2. The van der Waals surface area contributed by atoms with Crippen LogP contribution in [0, 0.1) is 0 Å². The van der Waals surface area contributed by atoms with Gasteiger partial charge in [0.15, 0.2) is 0 Å². The molecule has 0 fully saturated rings. The van der Waals surface area contributed by atoms with Crippen LogP contribution in [0.3, 0.4) is 0 Å². The van der Waals surface area contributed by atoms with E-state index in [1.165, 1.54) is 25.4 Å². The largest absolute Gasteiger partial charge is 0.467 e. The number of esters is 1. The molecule has 0 saturated carbocycles. The molecule has 1 aromatic rings. The second-order valence-electron chi connectivity index (χ2n) is 6.20. The van der Waals surface area contributed by atoms with Gasteiger partial charge in [-0.3, -0.25) is 4.98 Å². The van der Waals surface area contributed by atoms with Crippen molar-refractivity contribution in [2.75, 3.05) is 20.3 Å². The zero-order valence-corrected chi connectivity index (χ0v) is 15.0. The van der Waals surface area contributed by atoms with Gasteiger partial charge in [0.25, 0.3) is 0 Å². The number of carbonyl (C=O) groups excluding carboxylic acids is 1. The van der Waals surface area contributed by atoms with Gasteiger partial charge in [0, 0.05) is 18.2 Å². The molecular formula is C15H23FN2O5S. The number of nitrogens with zero attached hydrogens (tertiary/aromatic N) is 1. The van der Waals surface area contributed by atoms with Crippen LogP contribution in [-0.4, -0.2) is 51.4 Å². The van der Waals surface area contributed by atoms with Crippen LogP contribution in [0.5, 0.6) is 0 Å². The first-order valence-electron chi connectivity index (χ1n) is 7.31. The maximum absolute atomic E-state index is 14.0. The second-order valence-corrected chi connectivity index (χ2v) is 7.85. The molecule has 0 amide bonds. The molecule has 0 aliphatic heterocycles. The van der Waals surface area contributed by atoms with E-state index in [0.717, 1.165) is 0 Å². The summed E-state index contributed by atoms with van der Waals surface area (Å²) in [5.74, 6) is -0.613. The van der Waals surface area contributed by atoms with Crippen molar-refractivity contribution in [2.45, 2.75) is 43.8 Å². The minimum absolute atomic E-state index is 0.0736. The molecule has 0 saturated heterocycles. The number of hydrogen-bond acceptors (Lipinski definition) is 6. The van der Waals surface area contributed by atoms with Crippen LogP contribution < -0.4 is 4.72 Å². The van der Waals surface area contributed by atoms with Crippen LogP contribution in [-0.2, 0) is 30.7 Å². The molecule has 0 aromatic carbocycles. The molecule has 0 aliphatic carbocycles. The maximum atomic E-state index is 14.0. The SMILES string of the molecule is COC(=O)COCC(F)Cc1ncccc1S(=O)(=O)NC(C)(C)C. The molecule has 0 aliphatic rings. The Bertz CT molecular complexity index is 658. The van der Waals surface area contributed by atoms with Gasteiger partial charge in [0.1, 0.15) is 17.7 Å². The van der Waals surface area contributed by atoms with Gasteiger partial charge in [-0.1, -0.05) is 0 Å². The molecule has 0 bridgehead atoms. The van der Waals surface area contributed by atoms with Gasteiger partial charge in [-0.25, -0.2) is 22.3 Å². The summed E-state index contributed by atoms with van der Waals surface area (Å²) in [6, 6.07) is 2.85. The highest BCUT2D eigenvalue weighted by Gasteiger charge is 2.26. The topological polar surface area (TPSA) is 94.6 Å². The summed E-state index contributed by atoms with van der Waals surface area (Å²) in [5, 5.41) is 0. The summed E-state index contributed by atoms with van der Waals surface area (Å²) in [6.45, 7) is 4.39. The molecular weight excluding hydrogens is 339 g/mol. The van der Waals surface area contributed by atoms with Crippen molar-refractivity contribution < 1.29 is 27.1 Å². The quantitative estimate of drug-likeness (QED) is 0.699. The number of sulfonamides is 1. The second kappa shape index (κ2) is 8.50. The molecule has 1 N–H and O–H groups in total. The lowest BCUT2D eigenvalue weighted by molar-refractivity contribution is -0.146. The monoisotopic (exact) mass is 362 g/mol. The lowest BCUT2D eigenvalue weighted by atomic mass is 10.1. The number of rotatable bonds is 8. The van der Waals surface area contributed by atoms with Gasteiger partial charge in [-0.05, 0) is 32.9 Å². The van der Waals surface area contributed by atoms with Crippen molar-refractivity contribution in [3.05, 3.63) is 24.0 Å². The summed E-state index contributed by atoms with van der Waals surface area (Å²) in [4.78, 5) is 14.8. The third-order valence-corrected chi connectivity index (χ3v) is 4.57. The van der Waals surface area contributed by atoms with Crippen LogP contribution in [0.25, 0.3) is 0 Å². The highest BCUT2D eigenvalue weighted by Crippen LogP contribution is 2.18. The zero-order valence-electron chi connectivity index (χ0n) is 14.2. The molecule has 1 aromatic heterocycles. The summed E-state index contributed by atoms with van der Waals surface area (Å²) in [5.41, 5.74) is -0.576. The minimum atomic E-state index is -3.83. The van der Waals surface area contributed by atoms with Crippen molar-refractivity contribution >= 4 is 16.0 Å². The highest BCUT2D eigenvalue weighted by molar-refractivity contribution is 7.89. The molecule has 1 atom stereocenters. The summed E-state index contributed by atoms with van der Waals surface area (Å²) >= 11 is 0. The number of halogens is 1. The number of carbonyl (C=O) groups is 1. The first kappa shape index (κ1) is 20.5. The average Bonchev–Trinajstić information content (AvgIpc) is 2.45. The fourth-order valence-electron chi connectivity index (χ4n) is 1.88. The van der Waals surface area contributed by atoms with Crippen LogP contribution in [0.4, 0.5) is 4.39 Å². The molecule has 136 valence electrons. The van der Waals surface area contributed by atoms with Gasteiger partial charge < -0.3 is 9.47 Å². The zero-order chi connectivity index (χ0) is 18.4. The van der Waals surface area contributed by atoms with Crippen molar-refractivity contribution in [1.29, 1.82) is 0 Å². The van der Waals surface area contributed by atoms with E-state index in [4.69, 9.17) is 4.74 Å². The Labute approximate surface area is 141 Å². The highest BCUT2D eigenvalue weighted by atomic mass is 32.2. The number of methoxy groups -OCH3 is 1. The first-order chi connectivity index (χ1) is 11.0. The molecule has 0 radical (unpaired) electrons. The van der Waals surface area contributed by atoms with E-state index >= 15 is 0 Å². The Balaban J connectivity index is 2.81. The van der Waals surface area contributed by atoms with E-state index in [1.54, 1.807) is 20.8 Å². The smallest absolute Gasteiger partial charge is 0.331 e. The Morgan fingerprint density at radius 3 is 2.67 bits per heavy atom. The molecule has 1 rings (SSSR count). The number of nitrogens with one attached hydrogen (secondary N) is 1. The van der Waals surface area contributed by atoms with Crippen LogP contribution >= 0.6 is 0 Å². The number of hydrogen-bond donors (Lipinski definition) is 1. The van der Waals surface area contributed by atoms with E-state index in [9.17, 15) is 17.6 Å². The number of aromatic nitrogens is 1. The van der Waals surface area contributed by atoms with Gasteiger partial charge >= 0.3 is 5.97 Å². The molecule has 1 unspecified atom stereocenters. The fraction of sp³-hybridized carbons (Fsp3) is 0.600. The molecule has 24 heavy (non-hydrogen) atoms. The van der Waals surface area contributed by atoms with Gasteiger partial charge in [0.05, 0.1) is 19.4 Å². The van der Waals surface area contributed by atoms with E-state index in [-0.39, 0.29) is 30.2 Å². The lowest BCUT2D eigenvalue weighted by Crippen LogP contribution is -2.41. The molecule has 1 heterocycles. The van der Waals surface area contributed by atoms with E-state index in [0.29, 0.717) is 0 Å². The third kappa shape index (κ3) is 6.90. The van der Waals surface area contributed by atoms with E-state index in [1.807, 2.05) is 0 Å². The maximum Gasteiger partial charge on any atom is 0.331 e. The summed E-state index contributed by atoms with van der Waals surface area (Å²) in [6.07, 6.45) is -0.358. The van der Waals surface area contributed by atoms with Crippen molar-refractivity contribution in [2.24, 2.45) is 0 Å². The number of pyridine rings is 1. The van der Waals surface area contributed by atoms with Gasteiger partial charge in [-0.2, -0.15) is 0 Å². The fourth-order valence-corrected chi connectivity index (χ4v) is 3.50. The standard InChI is InChI=1S/C15H23FN2O5S/c1-15(2,3)18-24(20,21)13-6-5-7-17-12(13)8-11(16)9-23-10-14(19)22-4/h5-7,11,18H,8-10H2,1-4H3. The van der Waals surface area contributed by atoms with Crippen LogP contribution in [0.2, 0.25) is 0 Å². The predicted molar refractivity (Wildman–Crippen MR) is 85.7 cm³/mol. The third-order valence-electron chi connectivity index (χ3n) is 2.74. The minimum Gasteiger partial charge on any atom is -0.467 e. The number of alkyl halides is 1. The van der Waals surface area contributed by atoms with E-state index in [2.05, 4.69) is 14.4 Å². The Morgan fingerprint density at radius 1 is 1.42 bits per heavy atom. The van der Waals surface area contributed by atoms with E-state index < -0.39 is 27.7 Å². The Kier molecular flexibility index (Phi) is 7.25. The predicted octanol–water partition coefficient (Wildman–Crippen LogP) is 1.23. The van der Waals surface area contributed by atoms with Crippen molar-refractivity contribution in [3.63, 3.8) is 0 Å². The normalized spacial score (nSPS) is 13.5. The van der Waals surface area contributed by atoms with Gasteiger partial charge in [0.2, 0.25) is 10.0 Å². The Morgan fingerprint density at radius 2 is 2.08 bits per heavy atom. The summed E-state index contributed by atoms with van der Waals surface area (Å²) in [7, 11) is -2.63. The van der Waals surface area contributed by atoms with Crippen molar-refractivity contribution in [3.8, 4) is 0 Å². The van der Waals surface area contributed by atoms with Gasteiger partial charge in [-0.15, -0.1) is 0 Å².